The summed E-state index contributed by atoms with van der Waals surface area (Å²) in [5.74, 6) is 0. The van der Waals surface area contributed by atoms with E-state index in [0.29, 0.717) is 12.1 Å². The van der Waals surface area contributed by atoms with Gasteiger partial charge in [-0.2, -0.15) is 13.2 Å². The molecule has 0 aliphatic carbocycles. The highest BCUT2D eigenvalue weighted by Crippen LogP contribution is 2.43. The molecular weight excluding hydrogens is 301 g/mol. The predicted octanol–water partition coefficient (Wildman–Crippen LogP) is -0.563. The number of hydrogen-bond acceptors (Lipinski definition) is 7. The van der Waals surface area contributed by atoms with Crippen molar-refractivity contribution in [2.75, 3.05) is 7.05 Å². The smallest absolute Gasteiger partial charge is 0.388 e. The Balaban J connectivity index is 2.24. The zero-order valence-corrected chi connectivity index (χ0v) is 11.4. The molecule has 116 valence electrons. The summed E-state index contributed by atoms with van der Waals surface area (Å²) in [5.41, 5.74) is -4.17. The number of aliphatic hydroxyl groups is 3. The Bertz CT molecular complexity index is 418. The Morgan fingerprint density at radius 1 is 1.30 bits per heavy atom. The summed E-state index contributed by atoms with van der Waals surface area (Å²) in [6.45, 7) is 0.507. The Kier molecular flexibility index (Phi) is 3.97. The maximum atomic E-state index is 12.8. The number of rotatable bonds is 1. The lowest BCUT2D eigenvalue weighted by Gasteiger charge is -2.44. The normalized spacial score (nSPS) is 40.8. The molecule has 0 amide bonds. The fourth-order valence-electron chi connectivity index (χ4n) is 2.11. The van der Waals surface area contributed by atoms with Gasteiger partial charge in [0, 0.05) is 7.05 Å². The summed E-state index contributed by atoms with van der Waals surface area (Å²) in [4.78, 5) is 4.01. The second-order valence-electron chi connectivity index (χ2n) is 4.84. The van der Waals surface area contributed by atoms with Gasteiger partial charge in [0.15, 0.2) is 10.8 Å². The van der Waals surface area contributed by atoms with Gasteiger partial charge in [0.1, 0.15) is 29.8 Å². The van der Waals surface area contributed by atoms with Gasteiger partial charge in [-0.1, -0.05) is 11.8 Å². The van der Waals surface area contributed by atoms with Crippen molar-refractivity contribution < 1.29 is 33.2 Å². The van der Waals surface area contributed by atoms with Crippen LogP contribution in [0.25, 0.3) is 0 Å². The Morgan fingerprint density at radius 3 is 2.40 bits per heavy atom. The zero-order valence-electron chi connectivity index (χ0n) is 10.6. The van der Waals surface area contributed by atoms with Gasteiger partial charge in [0.25, 0.3) is 0 Å². The van der Waals surface area contributed by atoms with Crippen molar-refractivity contribution in [3.05, 3.63) is 0 Å². The minimum absolute atomic E-state index is 0.388. The quantitative estimate of drug-likeness (QED) is 0.518. The summed E-state index contributed by atoms with van der Waals surface area (Å²) >= 11 is 0.998. The number of amidine groups is 1. The molecular formula is C10H15F3N2O4S. The first kappa shape index (κ1) is 15.8. The number of ether oxygens (including phenoxy) is 1. The molecule has 20 heavy (non-hydrogen) atoms. The van der Waals surface area contributed by atoms with Gasteiger partial charge in [-0.05, 0) is 6.92 Å². The Labute approximate surface area is 117 Å². The van der Waals surface area contributed by atoms with E-state index >= 15 is 0 Å². The molecule has 0 aromatic heterocycles. The molecule has 1 saturated heterocycles. The fourth-order valence-corrected chi connectivity index (χ4v) is 3.16. The van der Waals surface area contributed by atoms with Crippen LogP contribution in [-0.2, 0) is 4.74 Å². The van der Waals surface area contributed by atoms with E-state index in [1.54, 1.807) is 7.05 Å². The third-order valence-corrected chi connectivity index (χ3v) is 4.56. The molecule has 2 heterocycles. The van der Waals surface area contributed by atoms with Crippen LogP contribution in [0, 0.1) is 0 Å². The second kappa shape index (κ2) is 5.02. The molecule has 6 nitrogen and oxygen atoms in total. The molecule has 0 saturated carbocycles. The summed E-state index contributed by atoms with van der Waals surface area (Å²) in [7, 11) is 1.56. The largest absolute Gasteiger partial charge is 0.419 e. The minimum atomic E-state index is -5.00. The molecule has 6 atom stereocenters. The van der Waals surface area contributed by atoms with Gasteiger partial charge < -0.3 is 25.4 Å². The van der Waals surface area contributed by atoms with Crippen molar-refractivity contribution >= 4 is 16.9 Å². The van der Waals surface area contributed by atoms with E-state index < -0.39 is 41.6 Å². The van der Waals surface area contributed by atoms with Crippen LogP contribution in [0.15, 0.2) is 4.99 Å². The maximum Gasteiger partial charge on any atom is 0.419 e. The number of halogens is 3. The van der Waals surface area contributed by atoms with E-state index in [-0.39, 0.29) is 0 Å². The number of nitrogens with one attached hydrogen (secondary N) is 1. The Morgan fingerprint density at radius 2 is 1.90 bits per heavy atom. The molecule has 2 aliphatic heterocycles. The monoisotopic (exact) mass is 316 g/mol. The van der Waals surface area contributed by atoms with Crippen LogP contribution in [0.4, 0.5) is 13.2 Å². The van der Waals surface area contributed by atoms with Crippen molar-refractivity contribution in [1.82, 2.24) is 5.32 Å². The first-order valence-electron chi connectivity index (χ1n) is 5.82. The molecule has 0 aromatic carbocycles. The van der Waals surface area contributed by atoms with Gasteiger partial charge in [-0.15, -0.1) is 0 Å². The van der Waals surface area contributed by atoms with Gasteiger partial charge in [-0.25, -0.2) is 0 Å². The molecule has 10 heteroatoms. The SMILES string of the molecule is CNC1=N[C@@H]2[C@@H](O)[C@H](O)[C@@H](C(C)(O)C(F)(F)F)O[C@@H]2S1. The highest BCUT2D eigenvalue weighted by Gasteiger charge is 2.62. The third kappa shape index (κ3) is 2.39. The molecule has 2 rings (SSSR count). The van der Waals surface area contributed by atoms with Gasteiger partial charge >= 0.3 is 6.18 Å². The van der Waals surface area contributed by atoms with Crippen molar-refractivity contribution in [3.63, 3.8) is 0 Å². The van der Waals surface area contributed by atoms with E-state index in [0.717, 1.165) is 11.8 Å². The topological polar surface area (TPSA) is 94.3 Å². The molecule has 1 fully saturated rings. The maximum absolute atomic E-state index is 12.8. The number of fused-ring (bicyclic) bond motifs is 1. The van der Waals surface area contributed by atoms with E-state index in [9.17, 15) is 28.5 Å². The highest BCUT2D eigenvalue weighted by atomic mass is 32.2. The standard InChI is InChI=1S/C10H15F3N2O4S/c1-9(18,10(11,12)13)6-5(17)4(16)3-7(19-6)20-8(14-2)15-3/h3-7,16-18H,1-2H3,(H,14,15)/t3-,4-,5+,6+,7-,9?/m1/s1. The van der Waals surface area contributed by atoms with Gasteiger partial charge in [-0.3, -0.25) is 4.99 Å². The Hall–Kier alpha value is -0.550. The molecule has 1 unspecified atom stereocenters. The number of alkyl halides is 3. The molecule has 4 N–H and O–H groups in total. The minimum Gasteiger partial charge on any atom is -0.388 e. The number of aliphatic imine (C=N–C) groups is 1. The second-order valence-corrected chi connectivity index (χ2v) is 5.93. The summed E-state index contributed by atoms with van der Waals surface area (Å²) < 4.78 is 43.6. The molecule has 0 aromatic rings. The fraction of sp³-hybridized carbons (Fsp3) is 0.900. The molecule has 0 spiro atoms. The summed E-state index contributed by atoms with van der Waals surface area (Å²) in [5, 5.41) is 32.4. The molecule has 0 radical (unpaired) electrons. The first-order chi connectivity index (χ1) is 9.09. The summed E-state index contributed by atoms with van der Waals surface area (Å²) in [6, 6.07) is -0.877. The van der Waals surface area contributed by atoms with Crippen LogP contribution in [0.2, 0.25) is 0 Å². The predicted molar refractivity (Wildman–Crippen MR) is 65.2 cm³/mol. The lowest BCUT2D eigenvalue weighted by Crippen LogP contribution is -2.66. The van der Waals surface area contributed by atoms with Crippen LogP contribution < -0.4 is 5.32 Å². The number of aliphatic hydroxyl groups excluding tert-OH is 2. The van der Waals surface area contributed by atoms with Gasteiger partial charge in [0.05, 0.1) is 0 Å². The van der Waals surface area contributed by atoms with E-state index in [1.807, 2.05) is 0 Å². The zero-order chi connectivity index (χ0) is 15.3. The van der Waals surface area contributed by atoms with E-state index in [2.05, 4.69) is 10.3 Å². The van der Waals surface area contributed by atoms with Crippen molar-refractivity contribution in [2.24, 2.45) is 4.99 Å². The molecule has 2 aliphatic rings. The lowest BCUT2D eigenvalue weighted by atomic mass is 9.87. The van der Waals surface area contributed by atoms with Crippen molar-refractivity contribution in [1.29, 1.82) is 0 Å². The van der Waals surface area contributed by atoms with Crippen LogP contribution in [0.3, 0.4) is 0 Å². The van der Waals surface area contributed by atoms with Crippen molar-refractivity contribution in [3.8, 4) is 0 Å². The van der Waals surface area contributed by atoms with E-state index in [1.165, 1.54) is 0 Å². The summed E-state index contributed by atoms with van der Waals surface area (Å²) in [6.07, 6.45) is -10.4. The van der Waals surface area contributed by atoms with E-state index in [4.69, 9.17) is 4.74 Å². The average molecular weight is 316 g/mol. The number of nitrogens with zero attached hydrogens (tertiary/aromatic N) is 1. The first-order valence-corrected chi connectivity index (χ1v) is 6.70. The lowest BCUT2D eigenvalue weighted by molar-refractivity contribution is -0.317. The average Bonchev–Trinajstić information content (AvgIpc) is 2.75. The van der Waals surface area contributed by atoms with Crippen LogP contribution in [0.1, 0.15) is 6.92 Å². The van der Waals surface area contributed by atoms with Crippen LogP contribution in [0.5, 0.6) is 0 Å². The van der Waals surface area contributed by atoms with Gasteiger partial charge in [0.2, 0.25) is 0 Å². The highest BCUT2D eigenvalue weighted by molar-refractivity contribution is 8.14. The molecule has 0 bridgehead atoms. The van der Waals surface area contributed by atoms with Crippen LogP contribution >= 0.6 is 11.8 Å². The number of hydrogen-bond donors (Lipinski definition) is 4. The third-order valence-electron chi connectivity index (χ3n) is 3.41. The van der Waals surface area contributed by atoms with Crippen molar-refractivity contribution in [2.45, 2.75) is 48.5 Å². The van der Waals surface area contributed by atoms with Crippen LogP contribution in [-0.4, -0.2) is 69.1 Å². The number of thioether (sulfide) groups is 1.